The summed E-state index contributed by atoms with van der Waals surface area (Å²) >= 11 is 0. The number of carbonyl (C=O) groups excluding carboxylic acids is 2. The van der Waals surface area contributed by atoms with Gasteiger partial charge in [-0.05, 0) is 35.7 Å². The average molecular weight is 363 g/mol. The van der Waals surface area contributed by atoms with Gasteiger partial charge in [0.1, 0.15) is 6.33 Å². The molecule has 0 saturated heterocycles. The molecule has 1 aromatic heterocycles. The van der Waals surface area contributed by atoms with Crippen molar-refractivity contribution in [2.75, 3.05) is 5.32 Å². The summed E-state index contributed by atoms with van der Waals surface area (Å²) in [6.07, 6.45) is 1.56. The second kappa shape index (κ2) is 8.27. The molecule has 0 radical (unpaired) electrons. The van der Waals surface area contributed by atoms with Crippen LogP contribution in [0.2, 0.25) is 0 Å². The summed E-state index contributed by atoms with van der Waals surface area (Å²) in [5.41, 5.74) is 2.56. The molecule has 2 amide bonds. The van der Waals surface area contributed by atoms with Gasteiger partial charge in [-0.1, -0.05) is 44.2 Å². The van der Waals surface area contributed by atoms with Crippen LogP contribution < -0.4 is 10.6 Å². The summed E-state index contributed by atoms with van der Waals surface area (Å²) in [7, 11) is 0. The molecule has 0 unspecified atom stereocenters. The van der Waals surface area contributed by atoms with E-state index in [9.17, 15) is 9.59 Å². The van der Waals surface area contributed by atoms with E-state index in [1.54, 1.807) is 17.0 Å². The standard InChI is InChI=1S/C20H21N5O2/c1-14(2)15-7-6-8-16(11-15)23-20(27)19(26)21-12-18-24-22-13-25(18)17-9-4-3-5-10-17/h3-11,13-14H,12H2,1-2H3,(H,21,26)(H,23,27). The Labute approximate surface area is 157 Å². The highest BCUT2D eigenvalue weighted by Crippen LogP contribution is 2.18. The molecule has 0 spiro atoms. The van der Waals surface area contributed by atoms with E-state index in [0.717, 1.165) is 11.3 Å². The zero-order valence-electron chi connectivity index (χ0n) is 15.2. The van der Waals surface area contributed by atoms with Crippen LogP contribution in [0, 0.1) is 0 Å². The molecule has 7 heteroatoms. The van der Waals surface area contributed by atoms with Crippen molar-refractivity contribution < 1.29 is 9.59 Å². The zero-order valence-corrected chi connectivity index (χ0v) is 15.2. The minimum Gasteiger partial charge on any atom is -0.341 e. The van der Waals surface area contributed by atoms with Crippen molar-refractivity contribution in [3.05, 3.63) is 72.3 Å². The van der Waals surface area contributed by atoms with Gasteiger partial charge < -0.3 is 10.6 Å². The summed E-state index contributed by atoms with van der Waals surface area (Å²) in [4.78, 5) is 24.3. The number of carbonyl (C=O) groups is 2. The normalized spacial score (nSPS) is 10.6. The second-order valence-corrected chi connectivity index (χ2v) is 6.37. The number of para-hydroxylation sites is 1. The first-order valence-electron chi connectivity index (χ1n) is 8.68. The fourth-order valence-electron chi connectivity index (χ4n) is 2.59. The maximum absolute atomic E-state index is 12.1. The lowest BCUT2D eigenvalue weighted by Crippen LogP contribution is -2.35. The first-order chi connectivity index (χ1) is 13.0. The molecule has 0 bridgehead atoms. The van der Waals surface area contributed by atoms with Gasteiger partial charge in [-0.25, -0.2) is 0 Å². The highest BCUT2D eigenvalue weighted by atomic mass is 16.2. The van der Waals surface area contributed by atoms with E-state index >= 15 is 0 Å². The van der Waals surface area contributed by atoms with Crippen molar-refractivity contribution in [3.63, 3.8) is 0 Å². The summed E-state index contributed by atoms with van der Waals surface area (Å²) in [5.74, 6) is -0.585. The Morgan fingerprint density at radius 3 is 2.56 bits per heavy atom. The van der Waals surface area contributed by atoms with Crippen LogP contribution in [0.25, 0.3) is 5.69 Å². The Kier molecular flexibility index (Phi) is 5.61. The van der Waals surface area contributed by atoms with Crippen molar-refractivity contribution >= 4 is 17.5 Å². The molecular formula is C20H21N5O2. The van der Waals surface area contributed by atoms with Crippen molar-refractivity contribution in [2.24, 2.45) is 0 Å². The fraction of sp³-hybridized carbons (Fsp3) is 0.200. The van der Waals surface area contributed by atoms with Crippen LogP contribution in [-0.2, 0) is 16.1 Å². The van der Waals surface area contributed by atoms with Crippen LogP contribution in [0.1, 0.15) is 31.2 Å². The molecule has 138 valence electrons. The van der Waals surface area contributed by atoms with E-state index in [-0.39, 0.29) is 6.54 Å². The lowest BCUT2D eigenvalue weighted by atomic mass is 10.0. The molecule has 3 aromatic rings. The number of amides is 2. The molecule has 0 aliphatic carbocycles. The molecular weight excluding hydrogens is 342 g/mol. The number of nitrogens with one attached hydrogen (secondary N) is 2. The van der Waals surface area contributed by atoms with Gasteiger partial charge >= 0.3 is 11.8 Å². The van der Waals surface area contributed by atoms with Gasteiger partial charge in [-0.2, -0.15) is 0 Å². The maximum Gasteiger partial charge on any atom is 0.313 e. The average Bonchev–Trinajstić information content (AvgIpc) is 3.15. The van der Waals surface area contributed by atoms with E-state index in [2.05, 4.69) is 34.7 Å². The summed E-state index contributed by atoms with van der Waals surface area (Å²) in [6, 6.07) is 17.0. The van der Waals surface area contributed by atoms with Crippen LogP contribution in [0.5, 0.6) is 0 Å². The lowest BCUT2D eigenvalue weighted by Gasteiger charge is -2.10. The molecule has 3 rings (SSSR count). The Balaban J connectivity index is 1.61. The number of anilines is 1. The number of nitrogens with zero attached hydrogens (tertiary/aromatic N) is 3. The van der Waals surface area contributed by atoms with Crippen LogP contribution in [-0.4, -0.2) is 26.6 Å². The third-order valence-electron chi connectivity index (χ3n) is 4.08. The molecule has 2 N–H and O–H groups in total. The number of hydrogen-bond acceptors (Lipinski definition) is 4. The van der Waals surface area contributed by atoms with Gasteiger partial charge in [0.2, 0.25) is 0 Å². The van der Waals surface area contributed by atoms with Crippen LogP contribution in [0.15, 0.2) is 60.9 Å². The predicted molar refractivity (Wildman–Crippen MR) is 102 cm³/mol. The van der Waals surface area contributed by atoms with E-state index < -0.39 is 11.8 Å². The monoisotopic (exact) mass is 363 g/mol. The van der Waals surface area contributed by atoms with Crippen LogP contribution >= 0.6 is 0 Å². The van der Waals surface area contributed by atoms with Gasteiger partial charge in [-0.15, -0.1) is 10.2 Å². The lowest BCUT2D eigenvalue weighted by molar-refractivity contribution is -0.136. The molecule has 0 fully saturated rings. The molecule has 1 heterocycles. The fourth-order valence-corrected chi connectivity index (χ4v) is 2.59. The van der Waals surface area contributed by atoms with E-state index in [1.165, 1.54) is 0 Å². The zero-order chi connectivity index (χ0) is 19.2. The van der Waals surface area contributed by atoms with E-state index in [1.807, 2.05) is 48.5 Å². The first kappa shape index (κ1) is 18.3. The Hall–Kier alpha value is -3.48. The molecule has 0 aliphatic rings. The molecule has 0 atom stereocenters. The van der Waals surface area contributed by atoms with Crippen molar-refractivity contribution in [2.45, 2.75) is 26.3 Å². The largest absolute Gasteiger partial charge is 0.341 e. The van der Waals surface area contributed by atoms with Crippen LogP contribution in [0.4, 0.5) is 5.69 Å². The molecule has 2 aromatic carbocycles. The van der Waals surface area contributed by atoms with Gasteiger partial charge in [0.25, 0.3) is 0 Å². The second-order valence-electron chi connectivity index (χ2n) is 6.37. The van der Waals surface area contributed by atoms with Crippen molar-refractivity contribution in [1.29, 1.82) is 0 Å². The summed E-state index contributed by atoms with van der Waals surface area (Å²) in [5, 5.41) is 13.1. The number of aromatic nitrogens is 3. The third-order valence-corrected chi connectivity index (χ3v) is 4.08. The molecule has 7 nitrogen and oxygen atoms in total. The van der Waals surface area contributed by atoms with Gasteiger partial charge in [0.15, 0.2) is 5.82 Å². The van der Waals surface area contributed by atoms with E-state index in [4.69, 9.17) is 0 Å². The molecule has 27 heavy (non-hydrogen) atoms. The number of rotatable bonds is 5. The Morgan fingerprint density at radius 2 is 1.81 bits per heavy atom. The maximum atomic E-state index is 12.1. The van der Waals surface area contributed by atoms with E-state index in [0.29, 0.717) is 17.4 Å². The number of hydrogen-bond donors (Lipinski definition) is 2. The first-order valence-corrected chi connectivity index (χ1v) is 8.68. The van der Waals surface area contributed by atoms with Gasteiger partial charge in [-0.3, -0.25) is 14.2 Å². The smallest absolute Gasteiger partial charge is 0.313 e. The minimum absolute atomic E-state index is 0.0905. The van der Waals surface area contributed by atoms with Crippen molar-refractivity contribution in [3.8, 4) is 5.69 Å². The van der Waals surface area contributed by atoms with Crippen molar-refractivity contribution in [1.82, 2.24) is 20.1 Å². The Morgan fingerprint density at radius 1 is 1.04 bits per heavy atom. The minimum atomic E-state index is -0.729. The highest BCUT2D eigenvalue weighted by molar-refractivity contribution is 6.39. The third kappa shape index (κ3) is 4.58. The topological polar surface area (TPSA) is 88.9 Å². The van der Waals surface area contributed by atoms with Gasteiger partial charge in [0, 0.05) is 11.4 Å². The SMILES string of the molecule is CC(C)c1cccc(NC(=O)C(=O)NCc2nncn2-c2ccccc2)c1. The Bertz CT molecular complexity index is 934. The molecule has 0 aliphatic heterocycles. The summed E-state index contributed by atoms with van der Waals surface area (Å²) < 4.78 is 1.75. The quantitative estimate of drug-likeness (QED) is 0.682. The predicted octanol–water partition coefficient (Wildman–Crippen LogP) is 2.65. The van der Waals surface area contributed by atoms with Gasteiger partial charge in [0.05, 0.1) is 6.54 Å². The number of benzene rings is 2. The van der Waals surface area contributed by atoms with Crippen LogP contribution in [0.3, 0.4) is 0 Å². The summed E-state index contributed by atoms with van der Waals surface area (Å²) in [6.45, 7) is 4.22. The molecule has 0 saturated carbocycles. The highest BCUT2D eigenvalue weighted by Gasteiger charge is 2.15.